The lowest BCUT2D eigenvalue weighted by molar-refractivity contribution is 0.412. The van der Waals surface area contributed by atoms with E-state index in [0.29, 0.717) is 0 Å². The van der Waals surface area contributed by atoms with Crippen LogP contribution in [0.25, 0.3) is 5.69 Å². The Morgan fingerprint density at radius 2 is 1.91 bits per heavy atom. The van der Waals surface area contributed by atoms with Crippen molar-refractivity contribution in [2.75, 3.05) is 7.11 Å². The molecule has 0 fully saturated rings. The van der Waals surface area contributed by atoms with Crippen LogP contribution in [0.15, 0.2) is 64.5 Å². The SMILES string of the molecule is COc1ccccc1-n1cnnc1SCc1ccccc1Br. The maximum atomic E-state index is 5.41. The van der Waals surface area contributed by atoms with Crippen LogP contribution in [0.5, 0.6) is 5.75 Å². The molecule has 3 rings (SSSR count). The highest BCUT2D eigenvalue weighted by Crippen LogP contribution is 2.29. The molecule has 1 heterocycles. The quantitative estimate of drug-likeness (QED) is 0.622. The highest BCUT2D eigenvalue weighted by atomic mass is 79.9. The molecular formula is C16H14BrN3OS. The predicted molar refractivity (Wildman–Crippen MR) is 91.6 cm³/mol. The van der Waals surface area contributed by atoms with Crippen LogP contribution in [0.1, 0.15) is 5.56 Å². The summed E-state index contributed by atoms with van der Waals surface area (Å²) in [6, 6.07) is 16.0. The average Bonchev–Trinajstić information content (AvgIpc) is 3.02. The van der Waals surface area contributed by atoms with Crippen molar-refractivity contribution in [1.82, 2.24) is 14.8 Å². The highest BCUT2D eigenvalue weighted by Gasteiger charge is 2.11. The van der Waals surface area contributed by atoms with Crippen LogP contribution in [0.2, 0.25) is 0 Å². The molecule has 6 heteroatoms. The van der Waals surface area contributed by atoms with Crippen LogP contribution < -0.4 is 4.74 Å². The molecule has 0 radical (unpaired) electrons. The lowest BCUT2D eigenvalue weighted by Gasteiger charge is -2.10. The molecule has 22 heavy (non-hydrogen) atoms. The Bertz CT molecular complexity index is 775. The molecule has 0 atom stereocenters. The van der Waals surface area contributed by atoms with Crippen molar-refractivity contribution in [2.24, 2.45) is 0 Å². The molecule has 3 aromatic rings. The van der Waals surface area contributed by atoms with Gasteiger partial charge in [-0.3, -0.25) is 4.57 Å². The number of thioether (sulfide) groups is 1. The summed E-state index contributed by atoms with van der Waals surface area (Å²) in [5.74, 6) is 1.61. The van der Waals surface area contributed by atoms with Gasteiger partial charge in [-0.2, -0.15) is 0 Å². The van der Waals surface area contributed by atoms with E-state index in [0.717, 1.165) is 26.8 Å². The van der Waals surface area contributed by atoms with Crippen molar-refractivity contribution in [2.45, 2.75) is 10.9 Å². The molecule has 0 amide bonds. The van der Waals surface area contributed by atoms with Crippen LogP contribution in [-0.2, 0) is 5.75 Å². The minimum atomic E-state index is 0.796. The number of nitrogens with zero attached hydrogens (tertiary/aromatic N) is 3. The van der Waals surface area contributed by atoms with Gasteiger partial charge >= 0.3 is 0 Å². The molecule has 0 aliphatic carbocycles. The topological polar surface area (TPSA) is 39.9 Å². The summed E-state index contributed by atoms with van der Waals surface area (Å²) in [6.45, 7) is 0. The number of ether oxygens (including phenoxy) is 1. The van der Waals surface area contributed by atoms with E-state index in [1.807, 2.05) is 47.0 Å². The fraction of sp³-hybridized carbons (Fsp3) is 0.125. The lowest BCUT2D eigenvalue weighted by Crippen LogP contribution is -1.98. The third kappa shape index (κ3) is 3.18. The van der Waals surface area contributed by atoms with Gasteiger partial charge in [-0.05, 0) is 23.8 Å². The van der Waals surface area contributed by atoms with Gasteiger partial charge in [0.1, 0.15) is 12.1 Å². The minimum Gasteiger partial charge on any atom is -0.495 e. The normalized spacial score (nSPS) is 10.6. The molecule has 2 aromatic carbocycles. The molecule has 1 aromatic heterocycles. The Morgan fingerprint density at radius 1 is 1.14 bits per heavy atom. The van der Waals surface area contributed by atoms with Gasteiger partial charge in [0, 0.05) is 10.2 Å². The van der Waals surface area contributed by atoms with Crippen LogP contribution in [-0.4, -0.2) is 21.9 Å². The van der Waals surface area contributed by atoms with Crippen molar-refractivity contribution >= 4 is 27.7 Å². The van der Waals surface area contributed by atoms with Gasteiger partial charge in [0.25, 0.3) is 0 Å². The first kappa shape index (κ1) is 15.1. The number of para-hydroxylation sites is 2. The van der Waals surface area contributed by atoms with E-state index in [2.05, 4.69) is 32.2 Å². The van der Waals surface area contributed by atoms with E-state index >= 15 is 0 Å². The number of halogens is 1. The van der Waals surface area contributed by atoms with Crippen LogP contribution in [0.3, 0.4) is 0 Å². The number of rotatable bonds is 5. The second kappa shape index (κ2) is 6.98. The molecule has 112 valence electrons. The van der Waals surface area contributed by atoms with E-state index in [1.54, 1.807) is 25.2 Å². The van der Waals surface area contributed by atoms with Gasteiger partial charge in [-0.1, -0.05) is 58.0 Å². The number of aromatic nitrogens is 3. The summed E-state index contributed by atoms with van der Waals surface area (Å²) in [5, 5.41) is 9.08. The highest BCUT2D eigenvalue weighted by molar-refractivity contribution is 9.10. The number of hydrogen-bond acceptors (Lipinski definition) is 4. The Morgan fingerprint density at radius 3 is 2.73 bits per heavy atom. The zero-order chi connectivity index (χ0) is 15.4. The van der Waals surface area contributed by atoms with Crippen LogP contribution in [0, 0.1) is 0 Å². The summed E-state index contributed by atoms with van der Waals surface area (Å²) in [5.41, 5.74) is 2.16. The fourth-order valence-corrected chi connectivity index (χ4v) is 3.61. The van der Waals surface area contributed by atoms with Crippen molar-refractivity contribution in [1.29, 1.82) is 0 Å². The van der Waals surface area contributed by atoms with Crippen molar-refractivity contribution in [3.63, 3.8) is 0 Å². The zero-order valence-electron chi connectivity index (χ0n) is 11.9. The Labute approximate surface area is 141 Å². The first-order chi connectivity index (χ1) is 10.8. The molecule has 4 nitrogen and oxygen atoms in total. The van der Waals surface area contributed by atoms with Gasteiger partial charge < -0.3 is 4.74 Å². The number of hydrogen-bond donors (Lipinski definition) is 0. The van der Waals surface area contributed by atoms with Gasteiger partial charge in [-0.15, -0.1) is 10.2 Å². The first-order valence-corrected chi connectivity index (χ1v) is 8.47. The van der Waals surface area contributed by atoms with Crippen molar-refractivity contribution in [3.8, 4) is 11.4 Å². The monoisotopic (exact) mass is 375 g/mol. The molecule has 0 saturated carbocycles. The van der Waals surface area contributed by atoms with Gasteiger partial charge in [-0.25, -0.2) is 0 Å². The molecule has 0 aliphatic rings. The van der Waals surface area contributed by atoms with E-state index < -0.39 is 0 Å². The third-order valence-electron chi connectivity index (χ3n) is 3.18. The summed E-state index contributed by atoms with van der Waals surface area (Å²) in [7, 11) is 1.66. The maximum absolute atomic E-state index is 5.41. The average molecular weight is 376 g/mol. The summed E-state index contributed by atoms with van der Waals surface area (Å²) < 4.78 is 8.46. The van der Waals surface area contributed by atoms with Crippen LogP contribution in [0.4, 0.5) is 0 Å². The number of methoxy groups -OCH3 is 1. The summed E-state index contributed by atoms with van der Waals surface area (Å²) >= 11 is 5.21. The Balaban J connectivity index is 1.85. The molecule has 0 spiro atoms. The predicted octanol–water partition coefficient (Wildman–Crippen LogP) is 4.33. The summed E-state index contributed by atoms with van der Waals surface area (Å²) in [6.07, 6.45) is 1.71. The van der Waals surface area contributed by atoms with E-state index in [4.69, 9.17) is 4.74 Å². The number of benzene rings is 2. The smallest absolute Gasteiger partial charge is 0.196 e. The van der Waals surface area contributed by atoms with Gasteiger partial charge in [0.05, 0.1) is 12.8 Å². The van der Waals surface area contributed by atoms with Crippen molar-refractivity contribution in [3.05, 3.63) is 64.9 Å². The molecule has 0 bridgehead atoms. The van der Waals surface area contributed by atoms with Crippen LogP contribution >= 0.6 is 27.7 Å². The van der Waals surface area contributed by atoms with E-state index in [9.17, 15) is 0 Å². The largest absolute Gasteiger partial charge is 0.495 e. The van der Waals surface area contributed by atoms with E-state index in [-0.39, 0.29) is 0 Å². The second-order valence-corrected chi connectivity index (χ2v) is 6.33. The fourth-order valence-electron chi connectivity index (χ4n) is 2.07. The molecule has 0 saturated heterocycles. The molecule has 0 aliphatic heterocycles. The second-order valence-electron chi connectivity index (χ2n) is 4.54. The first-order valence-electron chi connectivity index (χ1n) is 6.69. The van der Waals surface area contributed by atoms with Crippen molar-refractivity contribution < 1.29 is 4.74 Å². The maximum Gasteiger partial charge on any atom is 0.196 e. The Kier molecular flexibility index (Phi) is 4.80. The zero-order valence-corrected chi connectivity index (χ0v) is 14.3. The van der Waals surface area contributed by atoms with Gasteiger partial charge in [0.15, 0.2) is 5.16 Å². The standard InChI is InChI=1S/C16H14BrN3OS/c1-21-15-9-5-4-8-14(15)20-11-18-19-16(20)22-10-12-6-2-3-7-13(12)17/h2-9,11H,10H2,1H3. The third-order valence-corrected chi connectivity index (χ3v) is 4.94. The Hall–Kier alpha value is -1.79. The molecular weight excluding hydrogens is 362 g/mol. The lowest BCUT2D eigenvalue weighted by atomic mass is 10.2. The molecule has 0 N–H and O–H groups in total. The van der Waals surface area contributed by atoms with E-state index in [1.165, 1.54) is 5.56 Å². The molecule has 0 unspecified atom stereocenters. The minimum absolute atomic E-state index is 0.796. The van der Waals surface area contributed by atoms with Gasteiger partial charge in [0.2, 0.25) is 0 Å². The summed E-state index contributed by atoms with van der Waals surface area (Å²) in [4.78, 5) is 0.